The molecule has 0 radical (unpaired) electrons. The number of nitrogens with one attached hydrogen (secondary N) is 2. The number of hydrogen-bond acceptors (Lipinski definition) is 3. The summed E-state index contributed by atoms with van der Waals surface area (Å²) in [5, 5.41) is 7.99. The largest absolute Gasteiger partial charge is 0.492 e. The smallest absolute Gasteiger partial charge is 0.319 e. The fourth-order valence-corrected chi connectivity index (χ4v) is 2.54. The molecule has 0 saturated heterocycles. The molecule has 1 heterocycles. The van der Waals surface area contributed by atoms with Crippen LogP contribution in [0.25, 0.3) is 0 Å². The van der Waals surface area contributed by atoms with E-state index in [2.05, 4.69) is 10.6 Å². The highest BCUT2D eigenvalue weighted by Crippen LogP contribution is 2.27. The molecule has 0 spiro atoms. The summed E-state index contributed by atoms with van der Waals surface area (Å²) in [5.41, 5.74) is 0.632. The van der Waals surface area contributed by atoms with Gasteiger partial charge in [0.1, 0.15) is 5.75 Å². The van der Waals surface area contributed by atoms with Crippen LogP contribution in [0.5, 0.6) is 5.75 Å². The first-order valence-electron chi connectivity index (χ1n) is 6.68. The highest BCUT2D eigenvalue weighted by atomic mass is 35.5. The lowest BCUT2D eigenvalue weighted by molar-refractivity contribution is 0.252. The zero-order chi connectivity index (χ0) is 15.1. The second kappa shape index (κ2) is 7.90. The van der Waals surface area contributed by atoms with Gasteiger partial charge in [-0.3, -0.25) is 0 Å². The first-order chi connectivity index (χ1) is 10.2. The number of ether oxygens (including phenoxy) is 1. The van der Waals surface area contributed by atoms with Crippen LogP contribution in [0, 0.1) is 0 Å². The van der Waals surface area contributed by atoms with E-state index in [-0.39, 0.29) is 6.03 Å². The Morgan fingerprint density at radius 2 is 2.24 bits per heavy atom. The molecule has 6 heteroatoms. The van der Waals surface area contributed by atoms with Crippen LogP contribution >= 0.6 is 22.9 Å². The Balaban J connectivity index is 1.87. The Labute approximate surface area is 133 Å². The van der Waals surface area contributed by atoms with Crippen molar-refractivity contribution in [1.82, 2.24) is 5.32 Å². The Kier molecular flexibility index (Phi) is 5.90. The predicted octanol–water partition coefficient (Wildman–Crippen LogP) is 4.51. The van der Waals surface area contributed by atoms with Gasteiger partial charge in [-0.25, -0.2) is 4.79 Å². The summed E-state index contributed by atoms with van der Waals surface area (Å²) in [6.07, 6.45) is 0.918. The molecule has 2 aromatic rings. The molecular formula is C15H17ClN2O2S. The zero-order valence-electron chi connectivity index (χ0n) is 11.7. The van der Waals surface area contributed by atoms with Gasteiger partial charge in [-0.05, 0) is 36.1 Å². The molecule has 4 nitrogen and oxygen atoms in total. The molecule has 2 N–H and O–H groups in total. The molecule has 21 heavy (non-hydrogen) atoms. The molecule has 2 rings (SSSR count). The second-order valence-electron chi connectivity index (χ2n) is 4.38. The van der Waals surface area contributed by atoms with Crippen molar-refractivity contribution in [3.8, 4) is 5.75 Å². The average Bonchev–Trinajstić information content (AvgIpc) is 2.98. The van der Waals surface area contributed by atoms with Crippen molar-refractivity contribution in [2.24, 2.45) is 0 Å². The van der Waals surface area contributed by atoms with Gasteiger partial charge in [0, 0.05) is 10.6 Å². The molecule has 0 aliphatic heterocycles. The lowest BCUT2D eigenvalue weighted by atomic mass is 10.3. The van der Waals surface area contributed by atoms with E-state index in [0.29, 0.717) is 29.6 Å². The molecule has 0 aliphatic rings. The fourth-order valence-electron chi connectivity index (χ4n) is 1.66. The minimum Gasteiger partial charge on any atom is -0.492 e. The van der Waals surface area contributed by atoms with Crippen LogP contribution in [-0.2, 0) is 6.54 Å². The molecule has 0 aliphatic carbocycles. The quantitative estimate of drug-likeness (QED) is 0.821. The van der Waals surface area contributed by atoms with Crippen molar-refractivity contribution in [2.45, 2.75) is 19.9 Å². The van der Waals surface area contributed by atoms with E-state index in [9.17, 15) is 4.79 Å². The minimum absolute atomic E-state index is 0.262. The number of amides is 2. The molecule has 0 fully saturated rings. The number of hydrogen-bond donors (Lipinski definition) is 2. The third-order valence-corrected chi connectivity index (χ3v) is 3.83. The predicted molar refractivity (Wildman–Crippen MR) is 87.4 cm³/mol. The number of carbonyl (C=O) groups is 1. The van der Waals surface area contributed by atoms with E-state index >= 15 is 0 Å². The Bertz CT molecular complexity index is 587. The van der Waals surface area contributed by atoms with Gasteiger partial charge in [0.15, 0.2) is 0 Å². The first kappa shape index (κ1) is 15.7. The van der Waals surface area contributed by atoms with Crippen molar-refractivity contribution in [1.29, 1.82) is 0 Å². The molecule has 1 aromatic heterocycles. The lowest BCUT2D eigenvalue weighted by Crippen LogP contribution is -2.27. The number of rotatable bonds is 6. The fraction of sp³-hybridized carbons (Fsp3) is 0.267. The van der Waals surface area contributed by atoms with E-state index in [1.54, 1.807) is 29.5 Å². The monoisotopic (exact) mass is 324 g/mol. The summed E-state index contributed by atoms with van der Waals surface area (Å²) >= 11 is 7.71. The van der Waals surface area contributed by atoms with E-state index in [0.717, 1.165) is 11.3 Å². The third kappa shape index (κ3) is 4.95. The number of anilines is 1. The molecule has 2 amide bonds. The van der Waals surface area contributed by atoms with Crippen LogP contribution in [0.15, 0.2) is 35.7 Å². The van der Waals surface area contributed by atoms with Gasteiger partial charge < -0.3 is 15.4 Å². The third-order valence-electron chi connectivity index (χ3n) is 2.65. The van der Waals surface area contributed by atoms with Crippen molar-refractivity contribution in [3.05, 3.63) is 45.6 Å². The van der Waals surface area contributed by atoms with Crippen LogP contribution in [0.1, 0.15) is 18.2 Å². The number of halogens is 1. The maximum atomic E-state index is 11.8. The van der Waals surface area contributed by atoms with Gasteiger partial charge in [-0.2, -0.15) is 0 Å². The standard InChI is InChI=1S/C15H17ClN2O2S/c1-2-7-20-14-6-5-11(9-13(14)16)18-15(19)17-10-12-4-3-8-21-12/h3-6,8-9H,2,7,10H2,1H3,(H2,17,18,19). The highest BCUT2D eigenvalue weighted by Gasteiger charge is 2.06. The lowest BCUT2D eigenvalue weighted by Gasteiger charge is -2.10. The normalized spacial score (nSPS) is 10.2. The van der Waals surface area contributed by atoms with Crippen LogP contribution in [0.4, 0.5) is 10.5 Å². The summed E-state index contributed by atoms with van der Waals surface area (Å²) in [7, 11) is 0. The summed E-state index contributed by atoms with van der Waals surface area (Å²) in [4.78, 5) is 12.9. The second-order valence-corrected chi connectivity index (χ2v) is 5.82. The van der Waals surface area contributed by atoms with Gasteiger partial charge in [0.25, 0.3) is 0 Å². The molecule has 0 unspecified atom stereocenters. The van der Waals surface area contributed by atoms with Gasteiger partial charge in [0.05, 0.1) is 18.2 Å². The van der Waals surface area contributed by atoms with Gasteiger partial charge in [-0.15, -0.1) is 11.3 Å². The van der Waals surface area contributed by atoms with E-state index in [1.165, 1.54) is 0 Å². The average molecular weight is 325 g/mol. The number of urea groups is 1. The number of thiophene rings is 1. The van der Waals surface area contributed by atoms with Crippen molar-refractivity contribution >= 4 is 34.7 Å². The topological polar surface area (TPSA) is 50.4 Å². The summed E-state index contributed by atoms with van der Waals surface area (Å²) in [6, 6.07) is 8.86. The molecule has 0 saturated carbocycles. The van der Waals surface area contributed by atoms with Crippen molar-refractivity contribution < 1.29 is 9.53 Å². The maximum absolute atomic E-state index is 11.8. The van der Waals surface area contributed by atoms with Gasteiger partial charge in [0.2, 0.25) is 0 Å². The first-order valence-corrected chi connectivity index (χ1v) is 7.94. The molecule has 1 aromatic carbocycles. The van der Waals surface area contributed by atoms with Crippen molar-refractivity contribution in [2.75, 3.05) is 11.9 Å². The Hall–Kier alpha value is -1.72. The summed E-state index contributed by atoms with van der Waals surface area (Å²) < 4.78 is 5.48. The molecular weight excluding hydrogens is 308 g/mol. The van der Waals surface area contributed by atoms with E-state index in [4.69, 9.17) is 16.3 Å². The minimum atomic E-state index is -0.262. The van der Waals surface area contributed by atoms with Gasteiger partial charge in [-0.1, -0.05) is 24.6 Å². The zero-order valence-corrected chi connectivity index (χ0v) is 13.3. The SMILES string of the molecule is CCCOc1ccc(NC(=O)NCc2cccs2)cc1Cl. The van der Waals surface area contributed by atoms with E-state index < -0.39 is 0 Å². The Morgan fingerprint density at radius 3 is 2.90 bits per heavy atom. The number of carbonyl (C=O) groups excluding carboxylic acids is 1. The van der Waals surface area contributed by atoms with Crippen molar-refractivity contribution in [3.63, 3.8) is 0 Å². The van der Waals surface area contributed by atoms with E-state index in [1.807, 2.05) is 24.4 Å². The highest BCUT2D eigenvalue weighted by molar-refractivity contribution is 7.09. The molecule has 112 valence electrons. The van der Waals surface area contributed by atoms with Crippen LogP contribution in [0.3, 0.4) is 0 Å². The summed E-state index contributed by atoms with van der Waals surface area (Å²) in [5.74, 6) is 0.628. The Morgan fingerprint density at radius 1 is 1.38 bits per heavy atom. The molecule has 0 atom stereocenters. The molecule has 0 bridgehead atoms. The van der Waals surface area contributed by atoms with Crippen LogP contribution < -0.4 is 15.4 Å². The summed E-state index contributed by atoms with van der Waals surface area (Å²) in [6.45, 7) is 3.16. The maximum Gasteiger partial charge on any atom is 0.319 e. The van der Waals surface area contributed by atoms with Gasteiger partial charge >= 0.3 is 6.03 Å². The van der Waals surface area contributed by atoms with Crippen LogP contribution in [-0.4, -0.2) is 12.6 Å². The van der Waals surface area contributed by atoms with Crippen LogP contribution in [0.2, 0.25) is 5.02 Å². The number of benzene rings is 1.